The Morgan fingerprint density at radius 1 is 1.33 bits per heavy atom. The summed E-state index contributed by atoms with van der Waals surface area (Å²) in [4.78, 5) is 25.4. The molecule has 6 heteroatoms. The summed E-state index contributed by atoms with van der Waals surface area (Å²) in [6.07, 6.45) is 0.342. The fraction of sp³-hybridized carbons (Fsp3) is 0.400. The molecule has 0 N–H and O–H groups in total. The monoisotopic (exact) mass is 352 g/mol. The molecule has 0 spiro atoms. The van der Waals surface area contributed by atoms with Gasteiger partial charge in [0.25, 0.3) is 5.91 Å². The Morgan fingerprint density at radius 3 is 2.67 bits per heavy atom. The van der Waals surface area contributed by atoms with Gasteiger partial charge in [-0.25, -0.2) is 0 Å². The van der Waals surface area contributed by atoms with Crippen LogP contribution in [0.1, 0.15) is 30.1 Å². The van der Waals surface area contributed by atoms with Crippen LogP contribution >= 0.6 is 15.9 Å². The number of hydrogen-bond acceptors (Lipinski definition) is 4. The Hall–Kier alpha value is -1.87. The number of rotatable bonds is 7. The zero-order chi connectivity index (χ0) is 15.7. The second-order valence-corrected chi connectivity index (χ2v) is 5.09. The number of carbonyl (C=O) groups excluding carboxylic acids is 2. The average Bonchev–Trinajstić information content (AvgIpc) is 2.47. The first-order valence-electron chi connectivity index (χ1n) is 6.66. The SMILES string of the molecule is CCOC(=O)CCN(CCC#N)C(=O)c1ccccc1Br. The molecule has 1 aromatic rings. The largest absolute Gasteiger partial charge is 0.466 e. The van der Waals surface area contributed by atoms with E-state index in [0.29, 0.717) is 16.6 Å². The fourth-order valence-corrected chi connectivity index (χ4v) is 2.22. The molecule has 0 aliphatic carbocycles. The maximum atomic E-state index is 12.5. The summed E-state index contributed by atoms with van der Waals surface area (Å²) in [6, 6.07) is 9.08. The summed E-state index contributed by atoms with van der Waals surface area (Å²) in [5, 5.41) is 8.69. The van der Waals surface area contributed by atoms with Crippen LogP contribution in [-0.2, 0) is 9.53 Å². The summed E-state index contributed by atoms with van der Waals surface area (Å²) in [5.41, 5.74) is 0.513. The van der Waals surface area contributed by atoms with Crippen LogP contribution in [0.5, 0.6) is 0 Å². The second-order valence-electron chi connectivity index (χ2n) is 4.24. The van der Waals surface area contributed by atoms with Gasteiger partial charge in [0.05, 0.1) is 31.1 Å². The lowest BCUT2D eigenvalue weighted by atomic mass is 10.2. The molecule has 112 valence electrons. The number of nitrogens with zero attached hydrogens (tertiary/aromatic N) is 2. The molecule has 0 heterocycles. The Balaban J connectivity index is 2.77. The topological polar surface area (TPSA) is 70.4 Å². The van der Waals surface area contributed by atoms with Crippen LogP contribution in [0, 0.1) is 11.3 Å². The highest BCUT2D eigenvalue weighted by Crippen LogP contribution is 2.18. The van der Waals surface area contributed by atoms with Gasteiger partial charge in [-0.3, -0.25) is 9.59 Å². The Kier molecular flexibility index (Phi) is 7.48. The van der Waals surface area contributed by atoms with Gasteiger partial charge in [-0.05, 0) is 35.0 Å². The molecule has 0 saturated heterocycles. The van der Waals surface area contributed by atoms with Gasteiger partial charge in [0, 0.05) is 17.6 Å². The van der Waals surface area contributed by atoms with Crippen molar-refractivity contribution in [1.29, 1.82) is 5.26 Å². The number of hydrogen-bond donors (Lipinski definition) is 0. The molecule has 0 radical (unpaired) electrons. The predicted octanol–water partition coefficient (Wildman–Crippen LogP) is 2.76. The van der Waals surface area contributed by atoms with Gasteiger partial charge in [-0.2, -0.15) is 5.26 Å². The third kappa shape index (κ3) is 5.56. The first kappa shape index (κ1) is 17.2. The third-order valence-electron chi connectivity index (χ3n) is 2.78. The molecule has 0 saturated carbocycles. The van der Waals surface area contributed by atoms with Gasteiger partial charge in [-0.15, -0.1) is 0 Å². The van der Waals surface area contributed by atoms with Crippen molar-refractivity contribution in [2.75, 3.05) is 19.7 Å². The maximum Gasteiger partial charge on any atom is 0.307 e. The molecule has 0 aliphatic rings. The van der Waals surface area contributed by atoms with Crippen LogP contribution < -0.4 is 0 Å². The summed E-state index contributed by atoms with van der Waals surface area (Å²) < 4.78 is 5.54. The van der Waals surface area contributed by atoms with Gasteiger partial charge in [0.15, 0.2) is 0 Å². The van der Waals surface area contributed by atoms with E-state index in [1.165, 1.54) is 4.90 Å². The molecule has 1 rings (SSSR count). The van der Waals surface area contributed by atoms with Crippen molar-refractivity contribution >= 4 is 27.8 Å². The maximum absolute atomic E-state index is 12.5. The molecule has 21 heavy (non-hydrogen) atoms. The van der Waals surface area contributed by atoms with E-state index in [2.05, 4.69) is 15.9 Å². The molecule has 0 aliphatic heterocycles. The van der Waals surface area contributed by atoms with E-state index >= 15 is 0 Å². The number of benzene rings is 1. The van der Waals surface area contributed by atoms with Crippen molar-refractivity contribution in [1.82, 2.24) is 4.90 Å². The number of ether oxygens (including phenoxy) is 1. The molecule has 0 bridgehead atoms. The Morgan fingerprint density at radius 2 is 2.05 bits per heavy atom. The molecule has 0 unspecified atom stereocenters. The fourth-order valence-electron chi connectivity index (χ4n) is 1.76. The Labute approximate surface area is 132 Å². The van der Waals surface area contributed by atoms with E-state index in [1.54, 1.807) is 25.1 Å². The number of carbonyl (C=O) groups is 2. The minimum atomic E-state index is -0.348. The zero-order valence-electron chi connectivity index (χ0n) is 11.8. The van der Waals surface area contributed by atoms with Crippen molar-refractivity contribution in [3.8, 4) is 6.07 Å². The summed E-state index contributed by atoms with van der Waals surface area (Å²) in [7, 11) is 0. The minimum absolute atomic E-state index is 0.120. The molecule has 0 fully saturated rings. The lowest BCUT2D eigenvalue weighted by Crippen LogP contribution is -2.34. The van der Waals surface area contributed by atoms with E-state index in [1.807, 2.05) is 12.1 Å². The number of amides is 1. The van der Waals surface area contributed by atoms with E-state index in [9.17, 15) is 9.59 Å². The van der Waals surface area contributed by atoms with Crippen LogP contribution in [0.2, 0.25) is 0 Å². The quantitative estimate of drug-likeness (QED) is 0.707. The highest BCUT2D eigenvalue weighted by atomic mass is 79.9. The molecule has 5 nitrogen and oxygen atoms in total. The number of halogens is 1. The first-order chi connectivity index (χ1) is 10.1. The van der Waals surface area contributed by atoms with Crippen LogP contribution in [0.15, 0.2) is 28.7 Å². The summed E-state index contributed by atoms with van der Waals surface area (Å²) >= 11 is 3.33. The van der Waals surface area contributed by atoms with E-state index < -0.39 is 0 Å². The number of esters is 1. The van der Waals surface area contributed by atoms with Crippen LogP contribution in [0.3, 0.4) is 0 Å². The van der Waals surface area contributed by atoms with E-state index in [4.69, 9.17) is 10.00 Å². The van der Waals surface area contributed by atoms with Crippen LogP contribution in [0.4, 0.5) is 0 Å². The minimum Gasteiger partial charge on any atom is -0.466 e. The highest BCUT2D eigenvalue weighted by Gasteiger charge is 2.18. The Bertz CT molecular complexity index is 540. The van der Waals surface area contributed by atoms with Gasteiger partial charge in [-0.1, -0.05) is 12.1 Å². The van der Waals surface area contributed by atoms with Gasteiger partial charge < -0.3 is 9.64 Å². The third-order valence-corrected chi connectivity index (χ3v) is 3.47. The summed E-state index contributed by atoms with van der Waals surface area (Å²) in [6.45, 7) is 2.57. The van der Waals surface area contributed by atoms with Crippen LogP contribution in [-0.4, -0.2) is 36.5 Å². The molecule has 0 aromatic heterocycles. The average molecular weight is 353 g/mol. The molecule has 0 atom stereocenters. The van der Waals surface area contributed by atoms with Gasteiger partial charge in [0.2, 0.25) is 0 Å². The van der Waals surface area contributed by atoms with Crippen molar-refractivity contribution in [3.63, 3.8) is 0 Å². The zero-order valence-corrected chi connectivity index (χ0v) is 13.4. The normalized spacial score (nSPS) is 9.76. The van der Waals surface area contributed by atoms with Crippen molar-refractivity contribution < 1.29 is 14.3 Å². The van der Waals surface area contributed by atoms with Crippen molar-refractivity contribution in [2.24, 2.45) is 0 Å². The molecular weight excluding hydrogens is 336 g/mol. The van der Waals surface area contributed by atoms with Crippen molar-refractivity contribution in [3.05, 3.63) is 34.3 Å². The van der Waals surface area contributed by atoms with E-state index in [0.717, 1.165) is 0 Å². The molecule has 1 aromatic carbocycles. The standard InChI is InChI=1S/C15H17BrN2O3/c1-2-21-14(19)8-11-18(10-5-9-17)15(20)12-6-3-4-7-13(12)16/h3-4,6-7H,2,5,8,10-11H2,1H3. The van der Waals surface area contributed by atoms with Gasteiger partial charge >= 0.3 is 5.97 Å². The van der Waals surface area contributed by atoms with E-state index in [-0.39, 0.29) is 37.8 Å². The lowest BCUT2D eigenvalue weighted by Gasteiger charge is -2.21. The number of nitriles is 1. The van der Waals surface area contributed by atoms with Gasteiger partial charge in [0.1, 0.15) is 0 Å². The smallest absolute Gasteiger partial charge is 0.307 e. The molecular formula is C15H17BrN2O3. The predicted molar refractivity (Wildman–Crippen MR) is 81.5 cm³/mol. The summed E-state index contributed by atoms with van der Waals surface area (Å²) in [5.74, 6) is -0.554. The second kappa shape index (κ2) is 9.14. The lowest BCUT2D eigenvalue weighted by molar-refractivity contribution is -0.143. The van der Waals surface area contributed by atoms with Crippen LogP contribution in [0.25, 0.3) is 0 Å². The first-order valence-corrected chi connectivity index (χ1v) is 7.45. The van der Waals surface area contributed by atoms with Crippen molar-refractivity contribution in [2.45, 2.75) is 19.8 Å². The molecule has 1 amide bonds. The highest BCUT2D eigenvalue weighted by molar-refractivity contribution is 9.10.